The molecule has 0 spiro atoms. The molecule has 2 aromatic rings. The van der Waals surface area contributed by atoms with Crippen molar-refractivity contribution < 1.29 is 17.3 Å². The van der Waals surface area contributed by atoms with Crippen molar-refractivity contribution in [2.75, 3.05) is 13.2 Å². The molecule has 0 aliphatic carbocycles. The second-order valence-corrected chi connectivity index (χ2v) is 9.04. The number of aliphatic imine (C=N–C) groups is 1. The van der Waals surface area contributed by atoms with Crippen LogP contribution < -0.4 is 10.5 Å². The highest BCUT2D eigenvalue weighted by Gasteiger charge is 2.14. The highest BCUT2D eigenvalue weighted by atomic mass is 79.9. The van der Waals surface area contributed by atoms with Crippen LogP contribution in [0.15, 0.2) is 61.3 Å². The summed E-state index contributed by atoms with van der Waals surface area (Å²) >= 11 is 6.72. The van der Waals surface area contributed by atoms with E-state index < -0.39 is 10.1 Å². The maximum Gasteiger partial charge on any atom is 0.296 e. The summed E-state index contributed by atoms with van der Waals surface area (Å²) in [6.07, 6.45) is 0.431. The minimum absolute atomic E-state index is 0.0403. The number of nitrogens with two attached hydrogens (primary N) is 1. The summed E-state index contributed by atoms with van der Waals surface area (Å²) in [5, 5.41) is 0. The molecular formula is C18H20Br2N2O4S. The Labute approximate surface area is 176 Å². The third kappa shape index (κ3) is 7.25. The zero-order chi connectivity index (χ0) is 19.9. The maximum absolute atomic E-state index is 12.1. The van der Waals surface area contributed by atoms with Crippen molar-refractivity contribution in [2.24, 2.45) is 10.7 Å². The van der Waals surface area contributed by atoms with E-state index >= 15 is 0 Å². The van der Waals surface area contributed by atoms with E-state index in [1.165, 1.54) is 12.1 Å². The van der Waals surface area contributed by atoms with Crippen LogP contribution in [0.3, 0.4) is 0 Å². The van der Waals surface area contributed by atoms with E-state index in [2.05, 4.69) is 36.9 Å². The van der Waals surface area contributed by atoms with Crippen LogP contribution in [-0.2, 0) is 20.8 Å². The molecule has 2 N–H and O–H groups in total. The molecule has 146 valence electrons. The summed E-state index contributed by atoms with van der Waals surface area (Å²) in [6, 6.07) is 11.9. The van der Waals surface area contributed by atoms with Crippen molar-refractivity contribution in [3.63, 3.8) is 0 Å². The van der Waals surface area contributed by atoms with Gasteiger partial charge in [-0.15, -0.1) is 0 Å². The van der Waals surface area contributed by atoms with Gasteiger partial charge in [0.2, 0.25) is 0 Å². The topological polar surface area (TPSA) is 91.0 Å². The quantitative estimate of drug-likeness (QED) is 0.231. The second kappa shape index (κ2) is 10.2. The van der Waals surface area contributed by atoms with Crippen LogP contribution in [0.4, 0.5) is 0 Å². The van der Waals surface area contributed by atoms with Gasteiger partial charge in [0, 0.05) is 10.9 Å². The Balaban J connectivity index is 1.79. The largest absolute Gasteiger partial charge is 0.492 e. The van der Waals surface area contributed by atoms with Gasteiger partial charge in [-0.3, -0.25) is 9.18 Å². The van der Waals surface area contributed by atoms with Crippen molar-refractivity contribution in [1.29, 1.82) is 0 Å². The van der Waals surface area contributed by atoms with Crippen LogP contribution in [-0.4, -0.2) is 27.5 Å². The first kappa shape index (κ1) is 21.9. The fourth-order valence-electron chi connectivity index (χ4n) is 2.05. The zero-order valence-electron chi connectivity index (χ0n) is 14.7. The fourth-order valence-corrected chi connectivity index (χ4v) is 3.80. The lowest BCUT2D eigenvalue weighted by molar-refractivity contribution is 0.250. The average molecular weight is 520 g/mol. The molecule has 0 saturated heterocycles. The van der Waals surface area contributed by atoms with E-state index in [4.69, 9.17) is 14.7 Å². The molecule has 9 heteroatoms. The smallest absolute Gasteiger partial charge is 0.296 e. The third-order valence-corrected chi connectivity index (χ3v) is 5.87. The van der Waals surface area contributed by atoms with E-state index in [0.29, 0.717) is 31.2 Å². The number of nitrogens with zero attached hydrogens (tertiary/aromatic N) is 1. The van der Waals surface area contributed by atoms with E-state index in [9.17, 15) is 8.42 Å². The van der Waals surface area contributed by atoms with Gasteiger partial charge in [-0.25, -0.2) is 0 Å². The Hall–Kier alpha value is -1.42. The molecule has 0 unspecified atom stereocenters. The van der Waals surface area contributed by atoms with E-state index in [0.717, 1.165) is 14.5 Å². The average Bonchev–Trinajstić information content (AvgIpc) is 2.61. The highest BCUT2D eigenvalue weighted by Crippen LogP contribution is 2.26. The SMILES string of the molecule is CC(N)=NCc1ccc(OCCCOS(=O)(=O)c2ccc(Br)cc2)c(Br)c1. The lowest BCUT2D eigenvalue weighted by atomic mass is 10.2. The summed E-state index contributed by atoms with van der Waals surface area (Å²) < 4.78 is 36.4. The monoisotopic (exact) mass is 518 g/mol. The van der Waals surface area contributed by atoms with Crippen molar-refractivity contribution in [3.8, 4) is 5.75 Å². The van der Waals surface area contributed by atoms with Gasteiger partial charge >= 0.3 is 0 Å². The Morgan fingerprint density at radius 3 is 2.44 bits per heavy atom. The number of benzene rings is 2. The van der Waals surface area contributed by atoms with Crippen LogP contribution in [0.1, 0.15) is 18.9 Å². The lowest BCUT2D eigenvalue weighted by Gasteiger charge is -2.10. The molecule has 27 heavy (non-hydrogen) atoms. The fraction of sp³-hybridized carbons (Fsp3) is 0.278. The summed E-state index contributed by atoms with van der Waals surface area (Å²) in [4.78, 5) is 4.29. The van der Waals surface area contributed by atoms with Crippen LogP contribution in [0.2, 0.25) is 0 Å². The first-order chi connectivity index (χ1) is 12.8. The molecule has 0 amide bonds. The number of halogens is 2. The van der Waals surface area contributed by atoms with Gasteiger partial charge in [0.15, 0.2) is 0 Å². The summed E-state index contributed by atoms with van der Waals surface area (Å²) in [5.74, 6) is 1.20. The molecule has 0 radical (unpaired) electrons. The predicted molar refractivity (Wildman–Crippen MR) is 113 cm³/mol. The van der Waals surface area contributed by atoms with E-state index in [1.807, 2.05) is 18.2 Å². The summed E-state index contributed by atoms with van der Waals surface area (Å²) in [6.45, 7) is 2.61. The molecule has 0 saturated carbocycles. The van der Waals surface area contributed by atoms with Crippen LogP contribution in [0.5, 0.6) is 5.75 Å². The second-order valence-electron chi connectivity index (χ2n) is 5.65. The number of hydrogen-bond acceptors (Lipinski definition) is 5. The first-order valence-electron chi connectivity index (χ1n) is 8.11. The van der Waals surface area contributed by atoms with Gasteiger partial charge in [-0.05, 0) is 64.8 Å². The van der Waals surface area contributed by atoms with Crippen LogP contribution in [0.25, 0.3) is 0 Å². The molecule has 0 heterocycles. The molecular weight excluding hydrogens is 500 g/mol. The maximum atomic E-state index is 12.1. The van der Waals surface area contributed by atoms with E-state index in [1.54, 1.807) is 19.1 Å². The van der Waals surface area contributed by atoms with Crippen molar-refractivity contribution in [2.45, 2.75) is 24.8 Å². The Bertz CT molecular complexity index is 896. The molecule has 0 aliphatic rings. The van der Waals surface area contributed by atoms with Gasteiger partial charge in [0.25, 0.3) is 10.1 Å². The van der Waals surface area contributed by atoms with Gasteiger partial charge in [0.05, 0.1) is 35.0 Å². The first-order valence-corrected chi connectivity index (χ1v) is 11.1. The summed E-state index contributed by atoms with van der Waals surface area (Å²) in [7, 11) is -3.76. The minimum atomic E-state index is -3.76. The molecule has 6 nitrogen and oxygen atoms in total. The van der Waals surface area contributed by atoms with Gasteiger partial charge in [-0.2, -0.15) is 8.42 Å². The van der Waals surface area contributed by atoms with Crippen molar-refractivity contribution in [3.05, 3.63) is 57.0 Å². The number of hydrogen-bond donors (Lipinski definition) is 1. The molecule has 0 atom stereocenters. The minimum Gasteiger partial charge on any atom is -0.492 e. The van der Waals surface area contributed by atoms with Crippen molar-refractivity contribution in [1.82, 2.24) is 0 Å². The zero-order valence-corrected chi connectivity index (χ0v) is 18.7. The number of ether oxygens (including phenoxy) is 1. The van der Waals surface area contributed by atoms with Gasteiger partial charge < -0.3 is 10.5 Å². The Morgan fingerprint density at radius 2 is 1.81 bits per heavy atom. The highest BCUT2D eigenvalue weighted by molar-refractivity contribution is 9.10. The van der Waals surface area contributed by atoms with E-state index in [-0.39, 0.29) is 11.5 Å². The molecule has 2 rings (SSSR count). The number of rotatable bonds is 9. The molecule has 0 aliphatic heterocycles. The van der Waals surface area contributed by atoms with Crippen LogP contribution >= 0.6 is 31.9 Å². The van der Waals surface area contributed by atoms with Gasteiger partial charge in [-0.1, -0.05) is 22.0 Å². The summed E-state index contributed by atoms with van der Waals surface area (Å²) in [5.41, 5.74) is 6.54. The molecule has 0 fully saturated rings. The standard InChI is InChI=1S/C18H20Br2N2O4S/c1-13(21)22-12-14-3-8-18(17(20)11-14)25-9-2-10-26-27(23,24)16-6-4-15(19)5-7-16/h3-8,11H,2,9-10,12H2,1H3,(H2,21,22). The molecule has 2 aromatic carbocycles. The van der Waals surface area contributed by atoms with Crippen molar-refractivity contribution >= 4 is 47.8 Å². The normalized spacial score (nSPS) is 12.2. The number of amidine groups is 1. The Kier molecular flexibility index (Phi) is 8.28. The molecule has 0 aromatic heterocycles. The third-order valence-electron chi connectivity index (χ3n) is 3.39. The van der Waals surface area contributed by atoms with Crippen LogP contribution in [0, 0.1) is 0 Å². The van der Waals surface area contributed by atoms with Gasteiger partial charge in [0.1, 0.15) is 5.75 Å². The molecule has 0 bridgehead atoms. The lowest BCUT2D eigenvalue weighted by Crippen LogP contribution is -2.10. The Morgan fingerprint density at radius 1 is 1.11 bits per heavy atom. The predicted octanol–water partition coefficient (Wildman–Crippen LogP) is 4.26.